The zero-order chi connectivity index (χ0) is 14.2. The largest absolute Gasteiger partial charge is 0.480 e. The van der Waals surface area contributed by atoms with Crippen LogP contribution in [0.5, 0.6) is 0 Å². The zero-order valence-corrected chi connectivity index (χ0v) is 11.4. The van der Waals surface area contributed by atoms with Gasteiger partial charge in [-0.2, -0.15) is 0 Å². The average Bonchev–Trinajstić information content (AvgIpc) is 2.83. The molecule has 102 valence electrons. The van der Waals surface area contributed by atoms with Crippen LogP contribution in [0, 0.1) is 0 Å². The van der Waals surface area contributed by atoms with E-state index in [4.69, 9.17) is 34.0 Å². The minimum atomic E-state index is -1.00. The van der Waals surface area contributed by atoms with Crippen LogP contribution in [0.2, 0.25) is 10.0 Å². The second-order valence-corrected chi connectivity index (χ2v) is 5.16. The van der Waals surface area contributed by atoms with Crippen molar-refractivity contribution in [1.29, 1.82) is 0 Å². The van der Waals surface area contributed by atoms with E-state index in [9.17, 15) is 9.59 Å². The van der Waals surface area contributed by atoms with Gasteiger partial charge in [0, 0.05) is 12.1 Å². The minimum absolute atomic E-state index is 0.182. The van der Waals surface area contributed by atoms with Gasteiger partial charge in [-0.05, 0) is 25.0 Å². The van der Waals surface area contributed by atoms with Gasteiger partial charge in [-0.3, -0.25) is 4.79 Å². The SMILES string of the molecule is Nc1c(Cl)cc(C(=O)N2CCC[C@H]2C(=O)O)cc1Cl. The number of carbonyl (C=O) groups is 2. The summed E-state index contributed by atoms with van der Waals surface area (Å²) >= 11 is 11.7. The van der Waals surface area contributed by atoms with Crippen LogP contribution in [0.25, 0.3) is 0 Å². The molecular weight excluding hydrogens is 291 g/mol. The summed E-state index contributed by atoms with van der Waals surface area (Å²) < 4.78 is 0. The van der Waals surface area contributed by atoms with Gasteiger partial charge in [0.1, 0.15) is 6.04 Å². The Morgan fingerprint density at radius 3 is 2.42 bits per heavy atom. The maximum atomic E-state index is 12.3. The topological polar surface area (TPSA) is 83.6 Å². The summed E-state index contributed by atoms with van der Waals surface area (Å²) in [4.78, 5) is 24.7. The smallest absolute Gasteiger partial charge is 0.326 e. The summed E-state index contributed by atoms with van der Waals surface area (Å²) in [6, 6.07) is 2.02. The molecular formula is C12H12Cl2N2O3. The number of benzene rings is 1. The molecule has 19 heavy (non-hydrogen) atoms. The molecule has 0 saturated carbocycles. The van der Waals surface area contributed by atoms with Crippen molar-refractivity contribution in [1.82, 2.24) is 4.90 Å². The first kappa shape index (κ1) is 14.0. The summed E-state index contributed by atoms with van der Waals surface area (Å²) in [6.07, 6.45) is 1.12. The molecule has 0 aliphatic carbocycles. The summed E-state index contributed by atoms with van der Waals surface area (Å²) in [5.41, 5.74) is 6.05. The lowest BCUT2D eigenvalue weighted by Crippen LogP contribution is -2.40. The molecule has 1 heterocycles. The van der Waals surface area contributed by atoms with Crippen LogP contribution in [0.15, 0.2) is 12.1 Å². The molecule has 1 saturated heterocycles. The lowest BCUT2D eigenvalue weighted by atomic mass is 10.1. The fourth-order valence-corrected chi connectivity index (χ4v) is 2.63. The van der Waals surface area contributed by atoms with Gasteiger partial charge in [0.05, 0.1) is 15.7 Å². The third-order valence-corrected chi connectivity index (χ3v) is 3.75. The Bertz CT molecular complexity index is 525. The van der Waals surface area contributed by atoms with Crippen LogP contribution >= 0.6 is 23.2 Å². The number of carboxylic acids is 1. The first-order chi connectivity index (χ1) is 8.91. The predicted molar refractivity (Wildman–Crippen MR) is 72.6 cm³/mol. The van der Waals surface area contributed by atoms with E-state index in [1.807, 2.05) is 0 Å². The number of amides is 1. The Morgan fingerprint density at radius 2 is 1.89 bits per heavy atom. The second-order valence-electron chi connectivity index (χ2n) is 4.35. The summed E-state index contributed by atoms with van der Waals surface area (Å²) in [7, 11) is 0. The van der Waals surface area contributed by atoms with E-state index in [1.165, 1.54) is 17.0 Å². The number of rotatable bonds is 2. The van der Waals surface area contributed by atoms with Crippen LogP contribution in [-0.4, -0.2) is 34.5 Å². The van der Waals surface area contributed by atoms with E-state index >= 15 is 0 Å². The molecule has 3 N–H and O–H groups in total. The van der Waals surface area contributed by atoms with Crippen LogP contribution in [-0.2, 0) is 4.79 Å². The quantitative estimate of drug-likeness (QED) is 0.821. The predicted octanol–water partition coefficient (Wildman–Crippen LogP) is 2.26. The van der Waals surface area contributed by atoms with E-state index in [2.05, 4.69) is 0 Å². The fourth-order valence-electron chi connectivity index (χ4n) is 2.14. The maximum absolute atomic E-state index is 12.3. The number of hydrogen-bond donors (Lipinski definition) is 2. The highest BCUT2D eigenvalue weighted by atomic mass is 35.5. The number of likely N-dealkylation sites (tertiary alicyclic amines) is 1. The van der Waals surface area contributed by atoms with Crippen molar-refractivity contribution < 1.29 is 14.7 Å². The molecule has 1 aliphatic heterocycles. The highest BCUT2D eigenvalue weighted by Crippen LogP contribution is 2.30. The summed E-state index contributed by atoms with van der Waals surface area (Å²) in [5, 5.41) is 9.43. The Balaban J connectivity index is 2.32. The van der Waals surface area contributed by atoms with Crippen LogP contribution in [0.1, 0.15) is 23.2 Å². The van der Waals surface area contributed by atoms with Gasteiger partial charge in [0.2, 0.25) is 0 Å². The number of aliphatic carboxylic acids is 1. The Kier molecular flexibility index (Phi) is 3.87. The second kappa shape index (κ2) is 5.27. The third-order valence-electron chi connectivity index (χ3n) is 3.12. The number of hydrogen-bond acceptors (Lipinski definition) is 3. The molecule has 0 bridgehead atoms. The van der Waals surface area contributed by atoms with Crippen molar-refractivity contribution in [3.8, 4) is 0 Å². The highest BCUT2D eigenvalue weighted by molar-refractivity contribution is 6.39. The normalized spacial score (nSPS) is 18.6. The molecule has 1 aliphatic rings. The van der Waals surface area contributed by atoms with Crippen molar-refractivity contribution in [2.24, 2.45) is 0 Å². The molecule has 2 rings (SSSR count). The number of carboxylic acid groups (broad SMARTS) is 1. The van der Waals surface area contributed by atoms with Gasteiger partial charge in [-0.25, -0.2) is 4.79 Å². The first-order valence-corrected chi connectivity index (χ1v) is 6.45. The van der Waals surface area contributed by atoms with Crippen LogP contribution in [0.3, 0.4) is 0 Å². The number of anilines is 1. The molecule has 1 fully saturated rings. The number of nitrogens with zero attached hydrogens (tertiary/aromatic N) is 1. The third kappa shape index (κ3) is 2.62. The number of carbonyl (C=O) groups excluding carboxylic acids is 1. The van der Waals surface area contributed by atoms with Gasteiger partial charge in [-0.1, -0.05) is 23.2 Å². The van der Waals surface area contributed by atoms with Crippen LogP contribution < -0.4 is 5.73 Å². The van der Waals surface area contributed by atoms with Crippen LogP contribution in [0.4, 0.5) is 5.69 Å². The molecule has 5 nitrogen and oxygen atoms in total. The lowest BCUT2D eigenvalue weighted by molar-refractivity contribution is -0.141. The van der Waals surface area contributed by atoms with E-state index in [0.717, 1.165) is 0 Å². The van der Waals surface area contributed by atoms with E-state index in [-0.39, 0.29) is 21.3 Å². The van der Waals surface area contributed by atoms with Crippen molar-refractivity contribution in [3.05, 3.63) is 27.7 Å². The summed E-state index contributed by atoms with van der Waals surface area (Å²) in [5.74, 6) is -1.40. The lowest BCUT2D eigenvalue weighted by Gasteiger charge is -2.21. The average molecular weight is 303 g/mol. The molecule has 1 atom stereocenters. The van der Waals surface area contributed by atoms with Gasteiger partial charge < -0.3 is 15.7 Å². The van der Waals surface area contributed by atoms with Crippen molar-refractivity contribution in [2.75, 3.05) is 12.3 Å². The van der Waals surface area contributed by atoms with Crippen molar-refractivity contribution >= 4 is 40.8 Å². The van der Waals surface area contributed by atoms with Gasteiger partial charge in [0.15, 0.2) is 0 Å². The minimum Gasteiger partial charge on any atom is -0.480 e. The van der Waals surface area contributed by atoms with E-state index in [0.29, 0.717) is 19.4 Å². The van der Waals surface area contributed by atoms with Crippen molar-refractivity contribution in [3.63, 3.8) is 0 Å². The number of halogens is 2. The molecule has 0 radical (unpaired) electrons. The van der Waals surface area contributed by atoms with Gasteiger partial charge >= 0.3 is 5.97 Å². The highest BCUT2D eigenvalue weighted by Gasteiger charge is 2.34. The van der Waals surface area contributed by atoms with E-state index in [1.54, 1.807) is 0 Å². The van der Waals surface area contributed by atoms with Crippen molar-refractivity contribution in [2.45, 2.75) is 18.9 Å². The Hall–Kier alpha value is -1.46. The fraction of sp³-hybridized carbons (Fsp3) is 0.333. The number of nitrogen functional groups attached to an aromatic ring is 1. The molecule has 1 aromatic carbocycles. The molecule has 0 spiro atoms. The molecule has 0 aromatic heterocycles. The molecule has 1 amide bonds. The van der Waals surface area contributed by atoms with Gasteiger partial charge in [0.25, 0.3) is 5.91 Å². The number of nitrogens with two attached hydrogens (primary N) is 1. The molecule has 7 heteroatoms. The zero-order valence-electron chi connectivity index (χ0n) is 9.90. The Morgan fingerprint density at radius 1 is 1.32 bits per heavy atom. The van der Waals surface area contributed by atoms with E-state index < -0.39 is 17.9 Å². The molecule has 0 unspecified atom stereocenters. The maximum Gasteiger partial charge on any atom is 0.326 e. The summed E-state index contributed by atoms with van der Waals surface area (Å²) in [6.45, 7) is 0.412. The standard InChI is InChI=1S/C12H12Cl2N2O3/c13-7-4-6(5-8(14)10(7)15)11(17)16-3-1-2-9(16)12(18)19/h4-5,9H,1-3,15H2,(H,18,19)/t9-/m0/s1. The first-order valence-electron chi connectivity index (χ1n) is 5.70. The Labute approximate surface area is 119 Å². The molecule has 1 aromatic rings. The van der Waals surface area contributed by atoms with Gasteiger partial charge in [-0.15, -0.1) is 0 Å². The monoisotopic (exact) mass is 302 g/mol.